The molecule has 1 aromatic heterocycles. The molecule has 0 amide bonds. The van der Waals surface area contributed by atoms with Crippen molar-refractivity contribution in [2.75, 3.05) is 0 Å². The molecular formula is C13H15ClN2O3S. The Morgan fingerprint density at radius 1 is 1.15 bits per heavy atom. The van der Waals surface area contributed by atoms with Gasteiger partial charge >= 0.3 is 5.69 Å². The van der Waals surface area contributed by atoms with Crippen LogP contribution in [0.4, 0.5) is 0 Å². The predicted octanol–water partition coefficient (Wildman–Crippen LogP) is 2.29. The van der Waals surface area contributed by atoms with Crippen LogP contribution < -0.4 is 5.69 Å². The van der Waals surface area contributed by atoms with E-state index in [4.69, 9.17) is 10.7 Å². The normalized spacial score (nSPS) is 12.0. The van der Waals surface area contributed by atoms with Gasteiger partial charge in [0.15, 0.2) is 0 Å². The zero-order valence-corrected chi connectivity index (χ0v) is 12.7. The Morgan fingerprint density at radius 2 is 1.75 bits per heavy atom. The van der Waals surface area contributed by atoms with Crippen molar-refractivity contribution in [3.8, 4) is 5.69 Å². The third-order valence-electron chi connectivity index (χ3n) is 2.91. The SMILES string of the molecule is CC(C)n1ccn(-c2ccc(CS(=O)(=O)Cl)cc2)c1=O. The van der Waals surface area contributed by atoms with Gasteiger partial charge in [-0.2, -0.15) is 0 Å². The van der Waals surface area contributed by atoms with Crippen molar-refractivity contribution in [1.29, 1.82) is 0 Å². The number of nitrogens with zero attached hydrogens (tertiary/aromatic N) is 2. The molecule has 0 N–H and O–H groups in total. The fourth-order valence-corrected chi connectivity index (χ4v) is 2.90. The van der Waals surface area contributed by atoms with Crippen LogP contribution in [0.1, 0.15) is 25.5 Å². The summed E-state index contributed by atoms with van der Waals surface area (Å²) in [6.45, 7) is 3.86. The van der Waals surface area contributed by atoms with E-state index in [1.54, 1.807) is 41.2 Å². The Bertz CT molecular complexity index is 758. The summed E-state index contributed by atoms with van der Waals surface area (Å²) in [6.07, 6.45) is 3.42. The van der Waals surface area contributed by atoms with Crippen molar-refractivity contribution in [3.05, 3.63) is 52.7 Å². The Kier molecular flexibility index (Phi) is 4.06. The molecule has 0 unspecified atom stereocenters. The molecule has 0 aliphatic rings. The van der Waals surface area contributed by atoms with Crippen molar-refractivity contribution in [2.24, 2.45) is 0 Å². The second kappa shape index (κ2) is 5.46. The van der Waals surface area contributed by atoms with Gasteiger partial charge in [0.1, 0.15) is 0 Å². The lowest BCUT2D eigenvalue weighted by Crippen LogP contribution is -2.24. The predicted molar refractivity (Wildman–Crippen MR) is 78.9 cm³/mol. The number of aromatic nitrogens is 2. The molecule has 0 atom stereocenters. The van der Waals surface area contributed by atoms with E-state index in [1.165, 1.54) is 4.57 Å². The van der Waals surface area contributed by atoms with Crippen molar-refractivity contribution in [1.82, 2.24) is 9.13 Å². The van der Waals surface area contributed by atoms with E-state index in [-0.39, 0.29) is 17.5 Å². The Labute approximate surface area is 121 Å². The smallest absolute Gasteiger partial charge is 0.296 e. The summed E-state index contributed by atoms with van der Waals surface area (Å²) in [4.78, 5) is 12.1. The molecule has 108 valence electrons. The first-order valence-corrected chi connectivity index (χ1v) is 8.57. The molecule has 0 bridgehead atoms. The van der Waals surface area contributed by atoms with Gasteiger partial charge in [-0.25, -0.2) is 13.2 Å². The monoisotopic (exact) mass is 314 g/mol. The molecular weight excluding hydrogens is 300 g/mol. The Balaban J connectivity index is 2.33. The van der Waals surface area contributed by atoms with Crippen molar-refractivity contribution in [3.63, 3.8) is 0 Å². The number of benzene rings is 1. The van der Waals surface area contributed by atoms with E-state index in [1.807, 2.05) is 13.8 Å². The van der Waals surface area contributed by atoms with Crippen LogP contribution in [0.15, 0.2) is 41.5 Å². The van der Waals surface area contributed by atoms with Gasteiger partial charge in [0, 0.05) is 29.1 Å². The van der Waals surface area contributed by atoms with Crippen LogP contribution in [-0.4, -0.2) is 17.6 Å². The van der Waals surface area contributed by atoms with Crippen LogP contribution in [0, 0.1) is 0 Å². The first kappa shape index (κ1) is 14.9. The fourth-order valence-electron chi connectivity index (χ4n) is 1.93. The number of hydrogen-bond donors (Lipinski definition) is 0. The summed E-state index contributed by atoms with van der Waals surface area (Å²) in [5, 5.41) is 0. The summed E-state index contributed by atoms with van der Waals surface area (Å²) in [5.41, 5.74) is 1.14. The summed E-state index contributed by atoms with van der Waals surface area (Å²) in [7, 11) is 1.63. The van der Waals surface area contributed by atoms with Crippen LogP contribution in [-0.2, 0) is 14.8 Å². The van der Waals surface area contributed by atoms with E-state index >= 15 is 0 Å². The van der Waals surface area contributed by atoms with Gasteiger partial charge in [-0.05, 0) is 31.5 Å². The lowest BCUT2D eigenvalue weighted by atomic mass is 10.2. The third-order valence-corrected chi connectivity index (χ3v) is 3.92. The van der Waals surface area contributed by atoms with Crippen LogP contribution in [0.3, 0.4) is 0 Å². The molecule has 1 heterocycles. The molecule has 2 rings (SSSR count). The molecule has 20 heavy (non-hydrogen) atoms. The van der Waals surface area contributed by atoms with E-state index in [0.717, 1.165) is 0 Å². The van der Waals surface area contributed by atoms with E-state index in [0.29, 0.717) is 11.3 Å². The molecule has 0 saturated carbocycles. The lowest BCUT2D eigenvalue weighted by molar-refractivity contribution is 0.574. The molecule has 7 heteroatoms. The van der Waals surface area contributed by atoms with Gasteiger partial charge in [0.25, 0.3) is 0 Å². The number of imidazole rings is 1. The molecule has 2 aromatic rings. The first-order valence-electron chi connectivity index (χ1n) is 6.09. The summed E-state index contributed by atoms with van der Waals surface area (Å²) < 4.78 is 25.1. The highest BCUT2D eigenvalue weighted by Crippen LogP contribution is 2.13. The molecule has 5 nitrogen and oxygen atoms in total. The zero-order valence-electron chi connectivity index (χ0n) is 11.2. The minimum atomic E-state index is -3.57. The van der Waals surface area contributed by atoms with Gasteiger partial charge in [-0.3, -0.25) is 9.13 Å². The fraction of sp³-hybridized carbons (Fsp3) is 0.308. The van der Waals surface area contributed by atoms with Gasteiger partial charge in [-0.15, -0.1) is 0 Å². The van der Waals surface area contributed by atoms with E-state index in [9.17, 15) is 13.2 Å². The third kappa shape index (κ3) is 3.32. The second-order valence-electron chi connectivity index (χ2n) is 4.80. The zero-order chi connectivity index (χ0) is 14.9. The van der Waals surface area contributed by atoms with E-state index in [2.05, 4.69) is 0 Å². The standard InChI is InChI=1S/C13H15ClN2O3S/c1-10(2)15-7-8-16(13(15)17)12-5-3-11(4-6-12)9-20(14,18)19/h3-8,10H,9H2,1-2H3. The van der Waals surface area contributed by atoms with Crippen LogP contribution in [0.2, 0.25) is 0 Å². The highest BCUT2D eigenvalue weighted by Gasteiger charge is 2.09. The quantitative estimate of drug-likeness (QED) is 0.813. The average molecular weight is 315 g/mol. The molecule has 0 saturated heterocycles. The molecule has 1 aromatic carbocycles. The number of halogens is 1. The first-order chi connectivity index (χ1) is 9.28. The number of hydrogen-bond acceptors (Lipinski definition) is 3. The van der Waals surface area contributed by atoms with Gasteiger partial charge in [0.05, 0.1) is 11.4 Å². The summed E-state index contributed by atoms with van der Waals surface area (Å²) in [6, 6.07) is 6.78. The molecule has 0 aliphatic heterocycles. The van der Waals surface area contributed by atoms with Gasteiger partial charge < -0.3 is 0 Å². The lowest BCUT2D eigenvalue weighted by Gasteiger charge is -2.05. The molecule has 0 spiro atoms. The Hall–Kier alpha value is -1.53. The maximum absolute atomic E-state index is 12.1. The van der Waals surface area contributed by atoms with Crippen LogP contribution >= 0.6 is 10.7 Å². The summed E-state index contributed by atoms with van der Waals surface area (Å²) >= 11 is 0. The highest BCUT2D eigenvalue weighted by molar-refractivity contribution is 8.13. The van der Waals surface area contributed by atoms with Gasteiger partial charge in [-0.1, -0.05) is 12.1 Å². The highest BCUT2D eigenvalue weighted by atomic mass is 35.7. The minimum absolute atomic E-state index is 0.0874. The van der Waals surface area contributed by atoms with Crippen molar-refractivity contribution < 1.29 is 8.42 Å². The van der Waals surface area contributed by atoms with E-state index < -0.39 is 9.05 Å². The topological polar surface area (TPSA) is 61.1 Å². The molecule has 0 fully saturated rings. The minimum Gasteiger partial charge on any atom is -0.296 e. The molecule has 0 aliphatic carbocycles. The second-order valence-corrected chi connectivity index (χ2v) is 7.58. The maximum Gasteiger partial charge on any atom is 0.332 e. The van der Waals surface area contributed by atoms with Crippen molar-refractivity contribution in [2.45, 2.75) is 25.6 Å². The average Bonchev–Trinajstić information content (AvgIpc) is 2.70. The van der Waals surface area contributed by atoms with Gasteiger partial charge in [0.2, 0.25) is 9.05 Å². The molecule has 0 radical (unpaired) electrons. The van der Waals surface area contributed by atoms with Crippen LogP contribution in [0.5, 0.6) is 0 Å². The maximum atomic E-state index is 12.1. The largest absolute Gasteiger partial charge is 0.332 e. The number of rotatable bonds is 4. The van der Waals surface area contributed by atoms with Crippen molar-refractivity contribution >= 4 is 19.7 Å². The van der Waals surface area contributed by atoms with Crippen LogP contribution in [0.25, 0.3) is 5.69 Å². The Morgan fingerprint density at radius 3 is 2.20 bits per heavy atom. The summed E-state index contributed by atoms with van der Waals surface area (Å²) in [5.74, 6) is -0.225.